The molecule has 192 valence electrons. The van der Waals surface area contributed by atoms with Gasteiger partial charge in [0.25, 0.3) is 11.6 Å². The van der Waals surface area contributed by atoms with Gasteiger partial charge in [-0.1, -0.05) is 45.9 Å². The third-order valence-electron chi connectivity index (χ3n) is 6.05. The number of nitrogens with zero attached hydrogens (tertiary/aromatic N) is 5. The van der Waals surface area contributed by atoms with Crippen LogP contribution >= 0.6 is 27.7 Å². The standard InChI is InChI=1S/C26H21BrN6O4S/c27-19-7-11-20(12-8-19)32-23(15-28-25(35)18-5-9-21(10-6-18)33(36)37)29-30-26(32)38-16-24(34)31-14-13-17-3-1-2-4-22(17)31/h1-12H,13-16H2,(H,28,35). The lowest BCUT2D eigenvalue weighted by Gasteiger charge is -2.17. The Hall–Kier alpha value is -4.03. The van der Waals surface area contributed by atoms with Gasteiger partial charge in [-0.2, -0.15) is 0 Å². The number of aromatic nitrogens is 3. The van der Waals surface area contributed by atoms with Crippen molar-refractivity contribution in [3.63, 3.8) is 0 Å². The lowest BCUT2D eigenvalue weighted by atomic mass is 10.2. The van der Waals surface area contributed by atoms with Crippen LogP contribution in [0.5, 0.6) is 0 Å². The van der Waals surface area contributed by atoms with Gasteiger partial charge >= 0.3 is 0 Å². The molecule has 2 heterocycles. The number of carbonyl (C=O) groups excluding carboxylic acids is 2. The van der Waals surface area contributed by atoms with Crippen LogP contribution in [-0.4, -0.2) is 43.8 Å². The van der Waals surface area contributed by atoms with Gasteiger partial charge < -0.3 is 10.2 Å². The molecule has 1 aromatic heterocycles. The van der Waals surface area contributed by atoms with Gasteiger partial charge in [0.05, 0.1) is 17.2 Å². The summed E-state index contributed by atoms with van der Waals surface area (Å²) < 4.78 is 2.71. The van der Waals surface area contributed by atoms with Crippen LogP contribution < -0.4 is 10.2 Å². The summed E-state index contributed by atoms with van der Waals surface area (Å²) in [6.07, 6.45) is 0.834. The monoisotopic (exact) mass is 592 g/mol. The van der Waals surface area contributed by atoms with Crippen molar-refractivity contribution in [1.29, 1.82) is 0 Å². The highest BCUT2D eigenvalue weighted by Crippen LogP contribution is 2.29. The molecule has 0 saturated heterocycles. The fraction of sp³-hybridized carbons (Fsp3) is 0.154. The molecule has 4 aromatic rings. The van der Waals surface area contributed by atoms with Crippen LogP contribution in [0.4, 0.5) is 11.4 Å². The van der Waals surface area contributed by atoms with Gasteiger partial charge in [-0.25, -0.2) is 0 Å². The second-order valence-electron chi connectivity index (χ2n) is 8.41. The molecule has 0 atom stereocenters. The van der Waals surface area contributed by atoms with E-state index in [-0.39, 0.29) is 29.5 Å². The zero-order valence-corrected chi connectivity index (χ0v) is 22.3. The zero-order chi connectivity index (χ0) is 26.6. The molecule has 0 unspecified atom stereocenters. The number of non-ortho nitro benzene ring substituents is 1. The number of nitro benzene ring substituents is 1. The van der Waals surface area contributed by atoms with Crippen LogP contribution in [0.25, 0.3) is 5.69 Å². The van der Waals surface area contributed by atoms with Crippen LogP contribution in [0.1, 0.15) is 21.7 Å². The predicted octanol–water partition coefficient (Wildman–Crippen LogP) is 4.55. The number of hydrogen-bond acceptors (Lipinski definition) is 7. The van der Waals surface area contributed by atoms with E-state index in [1.165, 1.54) is 36.0 Å². The predicted molar refractivity (Wildman–Crippen MR) is 147 cm³/mol. The molecule has 38 heavy (non-hydrogen) atoms. The van der Waals surface area contributed by atoms with Crippen molar-refractivity contribution >= 4 is 50.9 Å². The van der Waals surface area contributed by atoms with Crippen molar-refractivity contribution in [3.8, 4) is 5.69 Å². The highest BCUT2D eigenvalue weighted by molar-refractivity contribution is 9.10. The molecule has 5 rings (SSSR count). The van der Waals surface area contributed by atoms with Gasteiger partial charge in [-0.3, -0.25) is 24.3 Å². The molecule has 1 aliphatic heterocycles. The van der Waals surface area contributed by atoms with Crippen molar-refractivity contribution in [2.75, 3.05) is 17.2 Å². The number of thioether (sulfide) groups is 1. The van der Waals surface area contributed by atoms with E-state index in [0.717, 1.165) is 27.8 Å². The highest BCUT2D eigenvalue weighted by atomic mass is 79.9. The third kappa shape index (κ3) is 5.46. The van der Waals surface area contributed by atoms with Crippen molar-refractivity contribution in [2.24, 2.45) is 0 Å². The Balaban J connectivity index is 1.32. The van der Waals surface area contributed by atoms with E-state index < -0.39 is 10.8 Å². The number of amides is 2. The van der Waals surface area contributed by atoms with Crippen molar-refractivity contribution in [1.82, 2.24) is 20.1 Å². The van der Waals surface area contributed by atoms with Gasteiger partial charge in [0, 0.05) is 40.1 Å². The summed E-state index contributed by atoms with van der Waals surface area (Å²) in [5.74, 6) is 0.239. The largest absolute Gasteiger partial charge is 0.345 e. The zero-order valence-electron chi connectivity index (χ0n) is 19.9. The van der Waals surface area contributed by atoms with Gasteiger partial charge in [0.2, 0.25) is 5.91 Å². The Bertz CT molecular complexity index is 1510. The van der Waals surface area contributed by atoms with E-state index in [1.54, 1.807) is 9.47 Å². The minimum absolute atomic E-state index is 0.0154. The molecule has 0 spiro atoms. The fourth-order valence-corrected chi connectivity index (χ4v) is 5.27. The van der Waals surface area contributed by atoms with Crippen molar-refractivity contribution in [2.45, 2.75) is 18.1 Å². The molecule has 0 radical (unpaired) electrons. The van der Waals surface area contributed by atoms with Crippen LogP contribution in [0.2, 0.25) is 0 Å². The first-order valence-corrected chi connectivity index (χ1v) is 13.4. The maximum atomic E-state index is 13.1. The summed E-state index contributed by atoms with van der Waals surface area (Å²) in [5.41, 5.74) is 3.08. The van der Waals surface area contributed by atoms with E-state index in [4.69, 9.17) is 0 Å². The Morgan fingerprint density at radius 2 is 1.76 bits per heavy atom. The van der Waals surface area contributed by atoms with Crippen molar-refractivity contribution < 1.29 is 14.5 Å². The molecule has 3 aromatic carbocycles. The lowest BCUT2D eigenvalue weighted by molar-refractivity contribution is -0.384. The first-order chi connectivity index (χ1) is 18.4. The topological polar surface area (TPSA) is 123 Å². The molecular weight excluding hydrogens is 572 g/mol. The summed E-state index contributed by atoms with van der Waals surface area (Å²) in [5, 5.41) is 22.8. The summed E-state index contributed by atoms with van der Waals surface area (Å²) in [6.45, 7) is 0.713. The molecular formula is C26H21BrN6O4S. The lowest BCUT2D eigenvalue weighted by Crippen LogP contribution is -2.30. The van der Waals surface area contributed by atoms with Crippen LogP contribution in [0, 0.1) is 10.1 Å². The molecule has 0 bridgehead atoms. The SMILES string of the molecule is O=C(NCc1nnc(SCC(=O)N2CCc3ccccc32)n1-c1ccc(Br)cc1)c1ccc([N+](=O)[O-])cc1. The number of nitrogens with one attached hydrogen (secondary N) is 1. The summed E-state index contributed by atoms with van der Waals surface area (Å²) in [4.78, 5) is 37.9. The minimum atomic E-state index is -0.519. The maximum absolute atomic E-state index is 13.1. The quantitative estimate of drug-likeness (QED) is 0.181. The van der Waals surface area contributed by atoms with Crippen LogP contribution in [0.3, 0.4) is 0 Å². The maximum Gasteiger partial charge on any atom is 0.269 e. The van der Waals surface area contributed by atoms with Crippen LogP contribution in [-0.2, 0) is 17.8 Å². The van der Waals surface area contributed by atoms with E-state index >= 15 is 0 Å². The number of rotatable bonds is 8. The van der Waals surface area contributed by atoms with E-state index in [1.807, 2.05) is 48.5 Å². The average Bonchev–Trinajstić information content (AvgIpc) is 3.55. The molecule has 0 aliphatic carbocycles. The van der Waals surface area contributed by atoms with Gasteiger partial charge in [0.15, 0.2) is 11.0 Å². The second kappa shape index (κ2) is 11.2. The Labute approximate surface area is 230 Å². The Morgan fingerprint density at radius 1 is 1.03 bits per heavy atom. The number of nitro groups is 1. The van der Waals surface area contributed by atoms with Crippen molar-refractivity contribution in [3.05, 3.63) is 104 Å². The second-order valence-corrected chi connectivity index (χ2v) is 10.3. The normalized spacial score (nSPS) is 12.3. The Kier molecular flexibility index (Phi) is 7.52. The van der Waals surface area contributed by atoms with E-state index in [9.17, 15) is 19.7 Å². The number of anilines is 1. The first kappa shape index (κ1) is 25.6. The number of carbonyl (C=O) groups is 2. The summed E-state index contributed by atoms with van der Waals surface area (Å²) >= 11 is 4.72. The molecule has 2 amide bonds. The van der Waals surface area contributed by atoms with Gasteiger partial charge in [-0.15, -0.1) is 10.2 Å². The fourth-order valence-electron chi connectivity index (χ4n) is 4.16. The average molecular weight is 593 g/mol. The highest BCUT2D eigenvalue weighted by Gasteiger charge is 2.25. The number of para-hydroxylation sites is 1. The molecule has 1 aliphatic rings. The first-order valence-electron chi connectivity index (χ1n) is 11.6. The van der Waals surface area contributed by atoms with E-state index in [2.05, 4.69) is 31.4 Å². The molecule has 10 nitrogen and oxygen atoms in total. The Morgan fingerprint density at radius 3 is 2.50 bits per heavy atom. The number of halogens is 1. The number of fused-ring (bicyclic) bond motifs is 1. The number of benzene rings is 3. The molecule has 0 fully saturated rings. The third-order valence-corrected chi connectivity index (χ3v) is 7.49. The smallest absolute Gasteiger partial charge is 0.269 e. The van der Waals surface area contributed by atoms with Gasteiger partial charge in [0.1, 0.15) is 0 Å². The van der Waals surface area contributed by atoms with Crippen LogP contribution in [0.15, 0.2) is 82.4 Å². The molecule has 1 N–H and O–H groups in total. The minimum Gasteiger partial charge on any atom is -0.345 e. The number of hydrogen-bond donors (Lipinski definition) is 1. The summed E-state index contributed by atoms with van der Waals surface area (Å²) in [7, 11) is 0. The molecule has 0 saturated carbocycles. The van der Waals surface area contributed by atoms with Gasteiger partial charge in [-0.05, 0) is 54.4 Å². The van der Waals surface area contributed by atoms with E-state index in [0.29, 0.717) is 17.5 Å². The molecule has 12 heteroatoms. The summed E-state index contributed by atoms with van der Waals surface area (Å²) in [6, 6.07) is 20.8.